The summed E-state index contributed by atoms with van der Waals surface area (Å²) in [6.07, 6.45) is -0.277. The number of carbonyl (C=O) groups is 11. The maximum Gasteiger partial charge on any atom is 0.247 e. The highest BCUT2D eigenvalue weighted by molar-refractivity contribution is 5.99. The van der Waals surface area contributed by atoms with Crippen LogP contribution in [0.25, 0.3) is 0 Å². The number of carbonyl (C=O) groups excluding carboxylic acids is 11. The molecule has 66 heavy (non-hydrogen) atoms. The van der Waals surface area contributed by atoms with Crippen LogP contribution in [-0.2, 0) is 59.2 Å². The predicted molar refractivity (Wildman–Crippen MR) is 234 cm³/mol. The predicted octanol–water partition coefficient (Wildman–Crippen LogP) is -4.73. The second-order valence-electron chi connectivity index (χ2n) is 17.0. The Hall–Kier alpha value is -6.85. The van der Waals surface area contributed by atoms with Crippen molar-refractivity contribution >= 4 is 65.0 Å². The van der Waals surface area contributed by atoms with Gasteiger partial charge in [0.25, 0.3) is 0 Å². The van der Waals surface area contributed by atoms with E-state index < -0.39 is 152 Å². The number of phenols is 1. The summed E-state index contributed by atoms with van der Waals surface area (Å²) in [4.78, 5) is 147. The zero-order valence-corrected chi connectivity index (χ0v) is 37.6. The Morgan fingerprint density at radius 3 is 1.98 bits per heavy atom. The molecule has 3 rings (SSSR count). The molecule has 24 heteroatoms. The molecular weight excluding hydrogens is 865 g/mol. The minimum Gasteiger partial charge on any atom is -0.508 e. The van der Waals surface area contributed by atoms with Crippen LogP contribution in [0.1, 0.15) is 78.2 Å². The molecule has 0 radical (unpaired) electrons. The summed E-state index contributed by atoms with van der Waals surface area (Å²) in [7, 11) is 0. The summed E-state index contributed by atoms with van der Waals surface area (Å²) in [5, 5.41) is 30.2. The molecule has 24 nitrogen and oxygen atoms in total. The van der Waals surface area contributed by atoms with Crippen LogP contribution in [0.5, 0.6) is 5.75 Å². The van der Waals surface area contributed by atoms with Gasteiger partial charge in [-0.15, -0.1) is 0 Å². The number of benzene rings is 1. The summed E-state index contributed by atoms with van der Waals surface area (Å²) in [6, 6.07) is -3.32. The van der Waals surface area contributed by atoms with Gasteiger partial charge in [0.15, 0.2) is 0 Å². The van der Waals surface area contributed by atoms with Gasteiger partial charge in [-0.1, -0.05) is 46.2 Å². The average Bonchev–Trinajstić information content (AvgIpc) is 4.09. The number of hydrogen-bond donors (Lipinski definition) is 12. The topological polar surface area (TPSA) is 386 Å². The number of nitrogens with one attached hydrogen (secondary N) is 8. The van der Waals surface area contributed by atoms with Crippen molar-refractivity contribution in [3.05, 3.63) is 29.8 Å². The Morgan fingerprint density at radius 1 is 0.788 bits per heavy atom. The summed E-state index contributed by atoms with van der Waals surface area (Å²) < 4.78 is 0. The number of nitrogens with zero attached hydrogens (tertiary/aromatic N) is 1. The minimum absolute atomic E-state index is 0.0533. The molecule has 7 atom stereocenters. The first-order valence-corrected chi connectivity index (χ1v) is 21.8. The molecular formula is C42H64N12O12. The number of amides is 11. The van der Waals surface area contributed by atoms with Crippen molar-refractivity contribution < 1.29 is 57.8 Å². The van der Waals surface area contributed by atoms with Crippen molar-refractivity contribution in [2.24, 2.45) is 29.0 Å². The standard InChI is InChI=1S/C42H64N12O12/c1-5-22(4)36-41(65)50-26(12-13-31(43)56)38(62)51-29(16-32(44)57)39(63)52-30(17-46-19-34(59)48-28(40(64)53-36)15-23-6-10-25(55)11-7-23)42(66)54(24-8-9-24)20-35(60)49-27(14-21(2)3)37(61)47-18-33(45)58/h6-7,10-11,21-22,24,26-30,36,46,55H,5,8-9,12-20H2,1-4H3,(H2,43,56)(H2,44,57)(H2,45,58)(H,47,61)(H,48,59)(H,49,60)(H,50,65)(H,51,62)(H,52,63)(H,53,64)/t22-,26-,27-,28-,29-,30-,36-/m0/s1. The number of aromatic hydroxyl groups is 1. The zero-order chi connectivity index (χ0) is 49.2. The molecule has 0 spiro atoms. The summed E-state index contributed by atoms with van der Waals surface area (Å²) in [6.45, 7) is 4.91. The maximum absolute atomic E-state index is 14.4. The third-order valence-corrected chi connectivity index (χ3v) is 10.8. The molecule has 1 heterocycles. The van der Waals surface area contributed by atoms with Gasteiger partial charge in [-0.2, -0.15) is 0 Å². The quantitative estimate of drug-likeness (QED) is 0.0621. The van der Waals surface area contributed by atoms with Gasteiger partial charge in [-0.25, -0.2) is 0 Å². The number of rotatable bonds is 19. The van der Waals surface area contributed by atoms with Gasteiger partial charge in [-0.3, -0.25) is 52.7 Å². The van der Waals surface area contributed by atoms with Gasteiger partial charge in [0, 0.05) is 25.4 Å². The number of hydrogen-bond acceptors (Lipinski definition) is 13. The fourth-order valence-corrected chi connectivity index (χ4v) is 6.95. The molecule has 1 saturated carbocycles. The molecule has 1 aliphatic carbocycles. The Labute approximate surface area is 381 Å². The average molecular weight is 929 g/mol. The van der Waals surface area contributed by atoms with Crippen LogP contribution >= 0.6 is 0 Å². The van der Waals surface area contributed by atoms with E-state index in [0.717, 1.165) is 0 Å². The number of primary amides is 3. The van der Waals surface area contributed by atoms with E-state index in [4.69, 9.17) is 17.2 Å². The monoisotopic (exact) mass is 928 g/mol. The van der Waals surface area contributed by atoms with Crippen molar-refractivity contribution in [3.63, 3.8) is 0 Å². The Morgan fingerprint density at radius 2 is 1.41 bits per heavy atom. The first-order valence-electron chi connectivity index (χ1n) is 21.8. The maximum atomic E-state index is 14.4. The van der Waals surface area contributed by atoms with Crippen molar-refractivity contribution in [2.75, 3.05) is 26.2 Å². The smallest absolute Gasteiger partial charge is 0.247 e. The van der Waals surface area contributed by atoms with Crippen LogP contribution in [0, 0.1) is 11.8 Å². The molecule has 2 aliphatic rings. The lowest BCUT2D eigenvalue weighted by Gasteiger charge is -2.31. The second kappa shape index (κ2) is 25.6. The van der Waals surface area contributed by atoms with E-state index in [1.165, 1.54) is 29.2 Å². The van der Waals surface area contributed by atoms with E-state index >= 15 is 0 Å². The first kappa shape index (κ1) is 53.5. The van der Waals surface area contributed by atoms with E-state index in [0.29, 0.717) is 24.8 Å². The number of phenolic OH excluding ortho intramolecular Hbond substituents is 1. The molecule has 1 aromatic carbocycles. The van der Waals surface area contributed by atoms with Crippen molar-refractivity contribution in [2.45, 2.75) is 121 Å². The Bertz CT molecular complexity index is 1960. The minimum atomic E-state index is -1.76. The molecule has 2 fully saturated rings. The fourth-order valence-electron chi connectivity index (χ4n) is 6.95. The lowest BCUT2D eigenvalue weighted by Crippen LogP contribution is -2.62. The molecule has 364 valence electrons. The number of nitrogens with two attached hydrogens (primary N) is 3. The van der Waals surface area contributed by atoms with Gasteiger partial charge in [0.05, 0.1) is 26.1 Å². The van der Waals surface area contributed by atoms with Gasteiger partial charge in [0.1, 0.15) is 42.0 Å². The van der Waals surface area contributed by atoms with Crippen molar-refractivity contribution in [1.29, 1.82) is 0 Å². The van der Waals surface area contributed by atoms with Gasteiger partial charge in [-0.05, 0) is 55.2 Å². The van der Waals surface area contributed by atoms with E-state index in [9.17, 15) is 57.8 Å². The third kappa shape index (κ3) is 18.0. The van der Waals surface area contributed by atoms with Crippen LogP contribution in [0.4, 0.5) is 0 Å². The largest absolute Gasteiger partial charge is 0.508 e. The molecule has 1 aromatic rings. The Balaban J connectivity index is 2.04. The summed E-state index contributed by atoms with van der Waals surface area (Å²) in [5.74, 6) is -10.2. The fraction of sp³-hybridized carbons (Fsp3) is 0.595. The lowest BCUT2D eigenvalue weighted by atomic mass is 9.96. The van der Waals surface area contributed by atoms with Gasteiger partial charge in [0.2, 0.25) is 65.0 Å². The first-order chi connectivity index (χ1) is 31.1. The Kier molecular flexibility index (Phi) is 20.7. The highest BCUT2D eigenvalue weighted by atomic mass is 16.3. The SMILES string of the molecule is CC[C@H](C)[C@@H]1NC(=O)[C@H](Cc2ccc(O)cc2)NC(=O)CNC[C@@H](C(=O)N(CC(=O)N[C@@H](CC(C)C)C(=O)NCC(N)=O)C2CC2)NC(=O)[C@H](CC(N)=O)NC(=O)[C@H](CCC(N)=O)NC1=O. The van der Waals surface area contributed by atoms with Crippen LogP contribution in [0.15, 0.2) is 24.3 Å². The zero-order valence-electron chi connectivity index (χ0n) is 37.6. The van der Waals surface area contributed by atoms with E-state index in [1.807, 2.05) is 0 Å². The van der Waals surface area contributed by atoms with Gasteiger partial charge >= 0.3 is 0 Å². The lowest BCUT2D eigenvalue weighted by molar-refractivity contribution is -0.141. The van der Waals surface area contributed by atoms with E-state index in [-0.39, 0.29) is 30.9 Å². The molecule has 0 bridgehead atoms. The van der Waals surface area contributed by atoms with Gasteiger partial charge < -0.3 is 69.7 Å². The second-order valence-corrected chi connectivity index (χ2v) is 17.0. The summed E-state index contributed by atoms with van der Waals surface area (Å²) >= 11 is 0. The highest BCUT2D eigenvalue weighted by Gasteiger charge is 2.40. The van der Waals surface area contributed by atoms with E-state index in [2.05, 4.69) is 42.5 Å². The summed E-state index contributed by atoms with van der Waals surface area (Å²) in [5.41, 5.74) is 16.5. The van der Waals surface area contributed by atoms with Crippen LogP contribution in [0.2, 0.25) is 0 Å². The van der Waals surface area contributed by atoms with Crippen LogP contribution < -0.4 is 59.7 Å². The normalized spacial score (nSPS) is 22.1. The van der Waals surface area contributed by atoms with Crippen molar-refractivity contribution in [1.82, 2.24) is 47.4 Å². The highest BCUT2D eigenvalue weighted by Crippen LogP contribution is 2.27. The molecule has 0 unspecified atom stereocenters. The molecule has 11 amide bonds. The third-order valence-electron chi connectivity index (χ3n) is 10.8. The van der Waals surface area contributed by atoms with E-state index in [1.54, 1.807) is 27.7 Å². The molecule has 1 aliphatic heterocycles. The molecule has 0 aromatic heterocycles. The van der Waals surface area contributed by atoms with Crippen LogP contribution in [0.3, 0.4) is 0 Å². The van der Waals surface area contributed by atoms with Crippen molar-refractivity contribution in [3.8, 4) is 5.75 Å². The molecule has 1 saturated heterocycles. The van der Waals surface area contributed by atoms with Crippen LogP contribution in [-0.4, -0.2) is 143 Å². The molecule has 15 N–H and O–H groups in total.